The molecule has 0 spiro atoms. The minimum atomic E-state index is -4.81. The minimum Gasteiger partial charge on any atom is -0.338 e. The highest BCUT2D eigenvalue weighted by molar-refractivity contribution is 6.34. The second-order valence-electron chi connectivity index (χ2n) is 8.65. The SMILES string of the molecule is O=C(Cc1ccc(C(F)(F)F)c(F)c1)Nc1c(Cl)ccc2c1CCN(C(=O)CCc1ccccc1)C2. The Labute approximate surface area is 210 Å². The molecule has 0 saturated carbocycles. The van der Waals surface area contributed by atoms with Gasteiger partial charge in [-0.25, -0.2) is 4.39 Å². The fourth-order valence-corrected chi connectivity index (χ4v) is 4.52. The molecule has 0 saturated heterocycles. The van der Waals surface area contributed by atoms with Crippen LogP contribution in [-0.4, -0.2) is 23.3 Å². The van der Waals surface area contributed by atoms with E-state index in [1.165, 1.54) is 0 Å². The highest BCUT2D eigenvalue weighted by Gasteiger charge is 2.34. The summed E-state index contributed by atoms with van der Waals surface area (Å²) in [5.41, 5.74) is 1.89. The van der Waals surface area contributed by atoms with Crippen LogP contribution in [0.4, 0.5) is 23.2 Å². The monoisotopic (exact) mass is 518 g/mol. The van der Waals surface area contributed by atoms with E-state index in [1.54, 1.807) is 11.0 Å². The molecule has 36 heavy (non-hydrogen) atoms. The molecule has 0 radical (unpaired) electrons. The van der Waals surface area contributed by atoms with Crippen LogP contribution in [0.25, 0.3) is 0 Å². The number of halogens is 5. The average molecular weight is 519 g/mol. The van der Waals surface area contributed by atoms with Gasteiger partial charge in [0, 0.05) is 19.5 Å². The van der Waals surface area contributed by atoms with Gasteiger partial charge in [-0.3, -0.25) is 9.59 Å². The Morgan fingerprint density at radius 3 is 2.44 bits per heavy atom. The van der Waals surface area contributed by atoms with Crippen molar-refractivity contribution in [1.82, 2.24) is 4.90 Å². The standard InChI is InChI=1S/C27H23ClF4N2O2/c28-22-10-8-19-16-34(25(36)11-7-17-4-2-1-3-5-17)13-12-20(19)26(22)33-24(35)15-18-6-9-21(23(29)14-18)27(30,31)32/h1-6,8-10,14H,7,11-13,15-16H2,(H,33,35). The predicted molar refractivity (Wildman–Crippen MR) is 129 cm³/mol. The van der Waals surface area contributed by atoms with Crippen molar-refractivity contribution >= 4 is 29.1 Å². The minimum absolute atomic E-state index is 0.0365. The summed E-state index contributed by atoms with van der Waals surface area (Å²) in [5, 5.41) is 3.03. The number of benzene rings is 3. The predicted octanol–water partition coefficient (Wildman–Crippen LogP) is 6.20. The van der Waals surface area contributed by atoms with Crippen molar-refractivity contribution in [1.29, 1.82) is 0 Å². The number of alkyl halides is 3. The zero-order valence-corrected chi connectivity index (χ0v) is 19.9. The Balaban J connectivity index is 1.42. The number of fused-ring (bicyclic) bond motifs is 1. The van der Waals surface area contributed by atoms with Gasteiger partial charge >= 0.3 is 6.18 Å². The number of rotatable bonds is 6. The molecule has 188 valence electrons. The van der Waals surface area contributed by atoms with Gasteiger partial charge in [-0.1, -0.05) is 54.1 Å². The van der Waals surface area contributed by atoms with Crippen molar-refractivity contribution in [2.75, 3.05) is 11.9 Å². The van der Waals surface area contributed by atoms with E-state index < -0.39 is 23.5 Å². The van der Waals surface area contributed by atoms with Gasteiger partial charge in [0.25, 0.3) is 0 Å². The summed E-state index contributed by atoms with van der Waals surface area (Å²) in [5.74, 6) is -1.93. The largest absolute Gasteiger partial charge is 0.419 e. The molecule has 2 amide bonds. The van der Waals surface area contributed by atoms with E-state index in [2.05, 4.69) is 5.32 Å². The van der Waals surface area contributed by atoms with Gasteiger partial charge in [-0.2, -0.15) is 13.2 Å². The molecule has 1 aliphatic heterocycles. The van der Waals surface area contributed by atoms with Crippen LogP contribution in [0.2, 0.25) is 5.02 Å². The highest BCUT2D eigenvalue weighted by Crippen LogP contribution is 2.34. The van der Waals surface area contributed by atoms with Crippen LogP contribution in [0.15, 0.2) is 60.7 Å². The number of nitrogens with zero attached hydrogens (tertiary/aromatic N) is 1. The topological polar surface area (TPSA) is 49.4 Å². The molecule has 3 aromatic carbocycles. The third-order valence-corrected chi connectivity index (χ3v) is 6.46. The smallest absolute Gasteiger partial charge is 0.338 e. The van der Waals surface area contributed by atoms with Crippen LogP contribution in [0, 0.1) is 5.82 Å². The summed E-state index contributed by atoms with van der Waals surface area (Å²) in [6.07, 6.45) is -3.61. The van der Waals surface area contributed by atoms with Gasteiger partial charge in [0.05, 0.1) is 22.7 Å². The molecule has 4 rings (SSSR count). The Bertz CT molecular complexity index is 1280. The van der Waals surface area contributed by atoms with E-state index in [0.29, 0.717) is 55.2 Å². The normalized spacial score (nSPS) is 13.3. The summed E-state index contributed by atoms with van der Waals surface area (Å²) in [7, 11) is 0. The number of hydrogen-bond donors (Lipinski definition) is 1. The number of amides is 2. The summed E-state index contributed by atoms with van der Waals surface area (Å²) in [6.45, 7) is 0.848. The van der Waals surface area contributed by atoms with E-state index in [4.69, 9.17) is 11.6 Å². The molecule has 3 aromatic rings. The van der Waals surface area contributed by atoms with Crippen molar-refractivity contribution in [3.05, 3.63) is 99.3 Å². The summed E-state index contributed by atoms with van der Waals surface area (Å²) in [6, 6.07) is 15.6. The van der Waals surface area contributed by atoms with Gasteiger partial charge in [-0.05, 0) is 53.3 Å². The van der Waals surface area contributed by atoms with Crippen LogP contribution in [0.1, 0.15) is 34.2 Å². The van der Waals surface area contributed by atoms with Crippen LogP contribution in [-0.2, 0) is 41.6 Å². The molecule has 9 heteroatoms. The van der Waals surface area contributed by atoms with Crippen molar-refractivity contribution in [3.8, 4) is 0 Å². The van der Waals surface area contributed by atoms with Crippen LogP contribution < -0.4 is 5.32 Å². The molecular formula is C27H23ClF4N2O2. The van der Waals surface area contributed by atoms with Crippen LogP contribution in [0.5, 0.6) is 0 Å². The van der Waals surface area contributed by atoms with Crippen LogP contribution in [0.3, 0.4) is 0 Å². The molecule has 0 unspecified atom stereocenters. The maximum atomic E-state index is 13.9. The lowest BCUT2D eigenvalue weighted by atomic mass is 9.96. The third kappa shape index (κ3) is 6.05. The van der Waals surface area contributed by atoms with E-state index >= 15 is 0 Å². The quantitative estimate of drug-likeness (QED) is 0.395. The molecule has 4 nitrogen and oxygen atoms in total. The van der Waals surface area contributed by atoms with Crippen molar-refractivity contribution in [3.63, 3.8) is 0 Å². The zero-order valence-electron chi connectivity index (χ0n) is 19.2. The lowest BCUT2D eigenvalue weighted by molar-refractivity contribution is -0.140. The Morgan fingerprint density at radius 2 is 1.75 bits per heavy atom. The molecule has 1 aliphatic rings. The molecule has 0 atom stereocenters. The van der Waals surface area contributed by atoms with Crippen molar-refractivity contribution in [2.24, 2.45) is 0 Å². The fourth-order valence-electron chi connectivity index (χ4n) is 4.30. The number of aryl methyl sites for hydroxylation is 1. The van der Waals surface area contributed by atoms with Crippen molar-refractivity contribution in [2.45, 2.75) is 38.4 Å². The van der Waals surface area contributed by atoms with Crippen molar-refractivity contribution < 1.29 is 27.2 Å². The number of carbonyl (C=O) groups is 2. The van der Waals surface area contributed by atoms with E-state index in [9.17, 15) is 27.2 Å². The number of carbonyl (C=O) groups excluding carboxylic acids is 2. The van der Waals surface area contributed by atoms with Gasteiger partial charge in [0.1, 0.15) is 5.82 Å². The summed E-state index contributed by atoms with van der Waals surface area (Å²) >= 11 is 6.34. The molecule has 0 aliphatic carbocycles. The maximum absolute atomic E-state index is 13.9. The fraction of sp³-hybridized carbons (Fsp3) is 0.259. The second kappa shape index (κ2) is 10.7. The first kappa shape index (κ1) is 25.7. The number of hydrogen-bond acceptors (Lipinski definition) is 2. The third-order valence-electron chi connectivity index (χ3n) is 6.14. The van der Waals surface area contributed by atoms with E-state index in [0.717, 1.165) is 22.8 Å². The Hall–Kier alpha value is -3.39. The molecular weight excluding hydrogens is 496 g/mol. The van der Waals surface area contributed by atoms with Gasteiger partial charge in [0.2, 0.25) is 11.8 Å². The van der Waals surface area contributed by atoms with Gasteiger partial charge in [-0.15, -0.1) is 0 Å². The lowest BCUT2D eigenvalue weighted by Gasteiger charge is -2.30. The molecule has 0 aromatic heterocycles. The molecule has 1 N–H and O–H groups in total. The van der Waals surface area contributed by atoms with Gasteiger partial charge in [0.15, 0.2) is 0 Å². The summed E-state index contributed by atoms with van der Waals surface area (Å²) in [4.78, 5) is 27.2. The lowest BCUT2D eigenvalue weighted by Crippen LogP contribution is -2.36. The second-order valence-corrected chi connectivity index (χ2v) is 9.06. The molecule has 0 fully saturated rings. The number of nitrogens with one attached hydrogen (secondary N) is 1. The molecule has 0 bridgehead atoms. The first-order chi connectivity index (χ1) is 17.1. The zero-order chi connectivity index (χ0) is 25.9. The Morgan fingerprint density at radius 1 is 1.00 bits per heavy atom. The Kier molecular flexibility index (Phi) is 7.64. The first-order valence-electron chi connectivity index (χ1n) is 11.4. The van der Waals surface area contributed by atoms with E-state index in [-0.39, 0.29) is 17.9 Å². The summed E-state index contributed by atoms with van der Waals surface area (Å²) < 4.78 is 52.2. The molecule has 1 heterocycles. The first-order valence-corrected chi connectivity index (χ1v) is 11.8. The van der Waals surface area contributed by atoms with E-state index in [1.807, 2.05) is 36.4 Å². The highest BCUT2D eigenvalue weighted by atomic mass is 35.5. The number of anilines is 1. The van der Waals surface area contributed by atoms with Crippen LogP contribution >= 0.6 is 11.6 Å². The average Bonchev–Trinajstić information content (AvgIpc) is 2.84. The maximum Gasteiger partial charge on any atom is 0.419 e. The van der Waals surface area contributed by atoms with Gasteiger partial charge < -0.3 is 10.2 Å².